The van der Waals surface area contributed by atoms with Gasteiger partial charge in [0.2, 0.25) is 0 Å². The van der Waals surface area contributed by atoms with E-state index in [0.717, 1.165) is 32.1 Å². The summed E-state index contributed by atoms with van der Waals surface area (Å²) in [4.78, 5) is 24.5. The predicted octanol–water partition coefficient (Wildman–Crippen LogP) is 8.11. The number of aliphatic carboxylic acids is 1. The van der Waals surface area contributed by atoms with Gasteiger partial charge >= 0.3 is 11.9 Å². The molecule has 0 aliphatic heterocycles. The first-order valence-corrected chi connectivity index (χ1v) is 13.5. The minimum absolute atomic E-state index is 0.0868. The standard InChI is InChI=1S/C30H50O4/c1-8-10-16-24(9-2)21-34-29(33)23(5)15-14-19-27(25-17-12-11-13-18-25)30(6,7)20-26(22(3)4)28(31)32/h11-13,17-18,22-24,26-27H,8-10,14-16,19-21H2,1-7H3,(H,31,32). The molecule has 1 N–H and O–H groups in total. The molecule has 0 saturated heterocycles. The summed E-state index contributed by atoms with van der Waals surface area (Å²) in [6.45, 7) is 15.2. The van der Waals surface area contributed by atoms with Gasteiger partial charge in [0.15, 0.2) is 0 Å². The molecule has 4 heteroatoms. The second kappa shape index (κ2) is 15.2. The Labute approximate surface area is 208 Å². The lowest BCUT2D eigenvalue weighted by molar-refractivity contribution is -0.150. The molecule has 0 saturated carbocycles. The average molecular weight is 475 g/mol. The van der Waals surface area contributed by atoms with Crippen molar-refractivity contribution in [3.63, 3.8) is 0 Å². The van der Waals surface area contributed by atoms with Gasteiger partial charge in [-0.05, 0) is 54.4 Å². The molecule has 0 aromatic heterocycles. The van der Waals surface area contributed by atoms with Crippen LogP contribution in [0.4, 0.5) is 0 Å². The summed E-state index contributed by atoms with van der Waals surface area (Å²) in [5.41, 5.74) is 1.07. The van der Waals surface area contributed by atoms with Crippen molar-refractivity contribution < 1.29 is 19.4 Å². The van der Waals surface area contributed by atoms with Crippen molar-refractivity contribution in [1.29, 1.82) is 0 Å². The molecule has 0 aliphatic rings. The van der Waals surface area contributed by atoms with Crippen LogP contribution in [-0.4, -0.2) is 23.7 Å². The van der Waals surface area contributed by atoms with Crippen LogP contribution < -0.4 is 0 Å². The number of ether oxygens (including phenoxy) is 1. The van der Waals surface area contributed by atoms with E-state index in [-0.39, 0.29) is 35.1 Å². The largest absolute Gasteiger partial charge is 0.481 e. The number of benzene rings is 1. The number of hydrogen-bond acceptors (Lipinski definition) is 3. The second-order valence-corrected chi connectivity index (χ2v) is 11.2. The molecule has 1 rings (SSSR count). The van der Waals surface area contributed by atoms with Crippen LogP contribution in [0.3, 0.4) is 0 Å². The highest BCUT2D eigenvalue weighted by atomic mass is 16.5. The summed E-state index contributed by atoms with van der Waals surface area (Å²) in [6, 6.07) is 10.4. The minimum Gasteiger partial charge on any atom is -0.481 e. The van der Waals surface area contributed by atoms with Crippen LogP contribution in [0.25, 0.3) is 0 Å². The number of esters is 1. The van der Waals surface area contributed by atoms with Crippen LogP contribution in [-0.2, 0) is 14.3 Å². The lowest BCUT2D eigenvalue weighted by atomic mass is 9.66. The molecule has 0 bridgehead atoms. The smallest absolute Gasteiger partial charge is 0.308 e. The molecule has 0 amide bonds. The lowest BCUT2D eigenvalue weighted by Gasteiger charge is -2.38. The van der Waals surface area contributed by atoms with E-state index >= 15 is 0 Å². The Morgan fingerprint density at radius 2 is 1.62 bits per heavy atom. The molecule has 0 heterocycles. The first-order valence-electron chi connectivity index (χ1n) is 13.5. The van der Waals surface area contributed by atoms with Crippen LogP contribution in [0, 0.1) is 29.1 Å². The Morgan fingerprint density at radius 1 is 0.971 bits per heavy atom. The van der Waals surface area contributed by atoms with Gasteiger partial charge in [0.25, 0.3) is 0 Å². The van der Waals surface area contributed by atoms with Crippen molar-refractivity contribution in [2.75, 3.05) is 6.61 Å². The molecule has 1 aromatic rings. The topological polar surface area (TPSA) is 63.6 Å². The number of carboxylic acids is 1. The van der Waals surface area contributed by atoms with Gasteiger partial charge in [-0.1, -0.05) is 104 Å². The molecule has 0 radical (unpaired) electrons. The van der Waals surface area contributed by atoms with Crippen LogP contribution in [0.1, 0.15) is 111 Å². The van der Waals surface area contributed by atoms with Crippen molar-refractivity contribution in [2.24, 2.45) is 29.1 Å². The van der Waals surface area contributed by atoms with Gasteiger partial charge in [-0.15, -0.1) is 0 Å². The second-order valence-electron chi connectivity index (χ2n) is 11.2. The quantitative estimate of drug-likeness (QED) is 0.232. The van der Waals surface area contributed by atoms with Crippen molar-refractivity contribution in [2.45, 2.75) is 106 Å². The van der Waals surface area contributed by atoms with Gasteiger partial charge in [0.1, 0.15) is 0 Å². The number of carbonyl (C=O) groups is 2. The van der Waals surface area contributed by atoms with E-state index in [9.17, 15) is 14.7 Å². The van der Waals surface area contributed by atoms with Crippen molar-refractivity contribution in [1.82, 2.24) is 0 Å². The van der Waals surface area contributed by atoms with Gasteiger partial charge < -0.3 is 9.84 Å². The summed E-state index contributed by atoms with van der Waals surface area (Å²) in [5, 5.41) is 9.77. The summed E-state index contributed by atoms with van der Waals surface area (Å²) in [6.07, 6.45) is 7.77. The Balaban J connectivity index is 2.77. The molecular weight excluding hydrogens is 424 g/mol. The summed E-state index contributed by atoms with van der Waals surface area (Å²) < 4.78 is 5.66. The van der Waals surface area contributed by atoms with Crippen LogP contribution >= 0.6 is 0 Å². The molecule has 34 heavy (non-hydrogen) atoms. The number of carboxylic acid groups (broad SMARTS) is 1. The van der Waals surface area contributed by atoms with E-state index in [2.05, 4.69) is 52.0 Å². The third kappa shape index (κ3) is 10.2. The van der Waals surface area contributed by atoms with Gasteiger partial charge in [-0.25, -0.2) is 0 Å². The summed E-state index contributed by atoms with van der Waals surface area (Å²) >= 11 is 0. The van der Waals surface area contributed by atoms with E-state index < -0.39 is 5.97 Å². The fourth-order valence-corrected chi connectivity index (χ4v) is 5.00. The van der Waals surface area contributed by atoms with Gasteiger partial charge in [0.05, 0.1) is 18.4 Å². The zero-order valence-electron chi connectivity index (χ0n) is 22.8. The molecule has 4 unspecified atom stereocenters. The highest BCUT2D eigenvalue weighted by Gasteiger charge is 2.36. The Bertz CT molecular complexity index is 710. The monoisotopic (exact) mass is 474 g/mol. The van der Waals surface area contributed by atoms with E-state index in [4.69, 9.17) is 4.74 Å². The average Bonchev–Trinajstić information content (AvgIpc) is 2.80. The zero-order chi connectivity index (χ0) is 25.7. The third-order valence-corrected chi connectivity index (χ3v) is 7.55. The molecule has 4 nitrogen and oxygen atoms in total. The molecular formula is C30H50O4. The van der Waals surface area contributed by atoms with E-state index in [1.165, 1.54) is 18.4 Å². The molecule has 0 fully saturated rings. The molecule has 0 spiro atoms. The van der Waals surface area contributed by atoms with Crippen molar-refractivity contribution in [3.8, 4) is 0 Å². The minimum atomic E-state index is -0.712. The Morgan fingerprint density at radius 3 is 2.15 bits per heavy atom. The zero-order valence-corrected chi connectivity index (χ0v) is 22.8. The van der Waals surface area contributed by atoms with Crippen LogP contribution in [0.2, 0.25) is 0 Å². The number of unbranched alkanes of at least 4 members (excludes halogenated alkanes) is 1. The maximum Gasteiger partial charge on any atom is 0.308 e. The maximum absolute atomic E-state index is 12.6. The predicted molar refractivity (Wildman–Crippen MR) is 141 cm³/mol. The maximum atomic E-state index is 12.6. The summed E-state index contributed by atoms with van der Waals surface area (Å²) in [5.74, 6) is -0.502. The van der Waals surface area contributed by atoms with E-state index in [1.54, 1.807) is 0 Å². The number of rotatable bonds is 17. The SMILES string of the molecule is CCCCC(CC)COC(=O)C(C)CCCC(c1ccccc1)C(C)(C)CC(C(=O)O)C(C)C. The van der Waals surface area contributed by atoms with Gasteiger partial charge in [-0.2, -0.15) is 0 Å². The van der Waals surface area contributed by atoms with Gasteiger partial charge in [0, 0.05) is 0 Å². The lowest BCUT2D eigenvalue weighted by Crippen LogP contribution is -2.31. The number of carbonyl (C=O) groups excluding carboxylic acids is 1. The van der Waals surface area contributed by atoms with Crippen LogP contribution in [0.15, 0.2) is 30.3 Å². The third-order valence-electron chi connectivity index (χ3n) is 7.55. The molecule has 0 aliphatic carbocycles. The molecule has 1 aromatic carbocycles. The number of hydrogen-bond donors (Lipinski definition) is 1. The fraction of sp³-hybridized carbons (Fsp3) is 0.733. The molecule has 194 valence electrons. The summed E-state index contributed by atoms with van der Waals surface area (Å²) in [7, 11) is 0. The van der Waals surface area contributed by atoms with Crippen LogP contribution in [0.5, 0.6) is 0 Å². The first-order chi connectivity index (χ1) is 16.0. The van der Waals surface area contributed by atoms with Gasteiger partial charge in [-0.3, -0.25) is 9.59 Å². The van der Waals surface area contributed by atoms with E-state index in [1.807, 2.05) is 26.8 Å². The van der Waals surface area contributed by atoms with E-state index in [0.29, 0.717) is 18.9 Å². The highest BCUT2D eigenvalue weighted by Crippen LogP contribution is 2.45. The highest BCUT2D eigenvalue weighted by molar-refractivity contribution is 5.72. The van der Waals surface area contributed by atoms with Crippen molar-refractivity contribution >= 4 is 11.9 Å². The first kappa shape index (κ1) is 30.2. The Kier molecular flexibility index (Phi) is 13.5. The normalized spacial score (nSPS) is 15.5. The fourth-order valence-electron chi connectivity index (χ4n) is 5.00. The van der Waals surface area contributed by atoms with Crippen molar-refractivity contribution in [3.05, 3.63) is 35.9 Å². The molecule has 4 atom stereocenters. The Hall–Kier alpha value is -1.84.